The molecule has 1 amide bonds. The lowest BCUT2D eigenvalue weighted by Gasteiger charge is -2.30. The Morgan fingerprint density at radius 2 is 1.81 bits per heavy atom. The van der Waals surface area contributed by atoms with Crippen LogP contribution in [0.2, 0.25) is 0 Å². The van der Waals surface area contributed by atoms with Crippen LogP contribution in [0.25, 0.3) is 0 Å². The van der Waals surface area contributed by atoms with Crippen molar-refractivity contribution in [1.82, 2.24) is 4.90 Å². The Balaban J connectivity index is 0.00000243. The van der Waals surface area contributed by atoms with Gasteiger partial charge in [0.25, 0.3) is 0 Å². The summed E-state index contributed by atoms with van der Waals surface area (Å²) in [6.07, 6.45) is 2.26. The molecule has 0 spiro atoms. The Morgan fingerprint density at radius 1 is 1.15 bits per heavy atom. The number of ether oxygens (including phenoxy) is 2. The molecule has 3 rings (SSSR count). The van der Waals surface area contributed by atoms with E-state index in [0.29, 0.717) is 37.8 Å². The van der Waals surface area contributed by atoms with Gasteiger partial charge in [0, 0.05) is 38.0 Å². The number of nitrogens with two attached hydrogens (primary N) is 1. The van der Waals surface area contributed by atoms with Gasteiger partial charge in [0.15, 0.2) is 21.3 Å². The van der Waals surface area contributed by atoms with E-state index >= 15 is 0 Å². The Labute approximate surface area is 160 Å². The molecule has 9 heteroatoms. The van der Waals surface area contributed by atoms with Crippen LogP contribution < -0.4 is 15.2 Å². The third kappa shape index (κ3) is 5.02. The van der Waals surface area contributed by atoms with Gasteiger partial charge in [-0.15, -0.1) is 12.4 Å². The number of sulfone groups is 1. The molecule has 26 heavy (non-hydrogen) atoms. The molecule has 0 aliphatic carbocycles. The smallest absolute Gasteiger partial charge is 0.223 e. The average molecular weight is 405 g/mol. The SMILES string of the molecule is Cl.NC1CCN(C(=O)CCS(=O)(=O)c2ccc3c(c2)OCCCO3)CC1. The van der Waals surface area contributed by atoms with Gasteiger partial charge >= 0.3 is 0 Å². The van der Waals surface area contributed by atoms with E-state index in [-0.39, 0.29) is 41.4 Å². The van der Waals surface area contributed by atoms with Gasteiger partial charge in [-0.1, -0.05) is 0 Å². The molecule has 1 aromatic carbocycles. The predicted octanol–water partition coefficient (Wildman–Crippen LogP) is 1.38. The first-order chi connectivity index (χ1) is 12.0. The number of carbonyl (C=O) groups excluding carboxylic acids is 1. The van der Waals surface area contributed by atoms with E-state index < -0.39 is 9.84 Å². The maximum absolute atomic E-state index is 12.6. The second-order valence-electron chi connectivity index (χ2n) is 6.45. The third-order valence-electron chi connectivity index (χ3n) is 4.56. The Morgan fingerprint density at radius 3 is 2.50 bits per heavy atom. The normalized spacial score (nSPS) is 18.0. The second kappa shape index (κ2) is 8.92. The van der Waals surface area contributed by atoms with Crippen LogP contribution in [0.5, 0.6) is 11.5 Å². The summed E-state index contributed by atoms with van der Waals surface area (Å²) in [6.45, 7) is 2.24. The quantitative estimate of drug-likeness (QED) is 0.813. The molecular weight excluding hydrogens is 380 g/mol. The van der Waals surface area contributed by atoms with Crippen LogP contribution >= 0.6 is 12.4 Å². The monoisotopic (exact) mass is 404 g/mol. The fraction of sp³-hybridized carbons (Fsp3) is 0.588. The highest BCUT2D eigenvalue weighted by atomic mass is 35.5. The molecule has 0 radical (unpaired) electrons. The van der Waals surface area contributed by atoms with E-state index in [0.717, 1.165) is 19.3 Å². The minimum atomic E-state index is -3.56. The summed E-state index contributed by atoms with van der Waals surface area (Å²) in [7, 11) is -3.56. The first-order valence-electron chi connectivity index (χ1n) is 8.61. The van der Waals surface area contributed by atoms with Crippen molar-refractivity contribution in [1.29, 1.82) is 0 Å². The van der Waals surface area contributed by atoms with Crippen molar-refractivity contribution in [3.05, 3.63) is 18.2 Å². The summed E-state index contributed by atoms with van der Waals surface area (Å²) in [6, 6.07) is 4.74. The van der Waals surface area contributed by atoms with Crippen molar-refractivity contribution < 1.29 is 22.7 Å². The number of fused-ring (bicyclic) bond motifs is 1. The molecule has 1 fully saturated rings. The molecular formula is C17H25ClN2O5S. The summed E-state index contributed by atoms with van der Waals surface area (Å²) >= 11 is 0. The van der Waals surface area contributed by atoms with Crippen LogP contribution in [0.1, 0.15) is 25.7 Å². The van der Waals surface area contributed by atoms with Gasteiger partial charge in [-0.3, -0.25) is 4.79 Å². The topological polar surface area (TPSA) is 98.9 Å². The highest BCUT2D eigenvalue weighted by Gasteiger charge is 2.24. The zero-order chi connectivity index (χ0) is 17.9. The fourth-order valence-electron chi connectivity index (χ4n) is 2.98. The summed E-state index contributed by atoms with van der Waals surface area (Å²) in [5.41, 5.74) is 5.83. The highest BCUT2D eigenvalue weighted by Crippen LogP contribution is 2.32. The number of halogens is 1. The molecule has 0 bridgehead atoms. The zero-order valence-electron chi connectivity index (χ0n) is 14.6. The Kier molecular flexibility index (Phi) is 7.14. The third-order valence-corrected chi connectivity index (χ3v) is 6.27. The molecule has 2 aliphatic rings. The van der Waals surface area contributed by atoms with Crippen molar-refractivity contribution in [3.63, 3.8) is 0 Å². The van der Waals surface area contributed by atoms with Gasteiger partial charge in [0.1, 0.15) is 0 Å². The molecule has 0 atom stereocenters. The lowest BCUT2D eigenvalue weighted by molar-refractivity contribution is -0.131. The van der Waals surface area contributed by atoms with E-state index in [4.69, 9.17) is 15.2 Å². The second-order valence-corrected chi connectivity index (χ2v) is 8.56. The standard InChI is InChI=1S/C17H24N2O5S.ClH/c18-13-4-7-19(8-5-13)17(20)6-11-25(21,22)14-2-3-15-16(12-14)24-10-1-9-23-15;/h2-3,12-13H,1,4-11,18H2;1H. The highest BCUT2D eigenvalue weighted by molar-refractivity contribution is 7.91. The van der Waals surface area contributed by atoms with Crippen LogP contribution in [0.3, 0.4) is 0 Å². The number of hydrogen-bond acceptors (Lipinski definition) is 6. The van der Waals surface area contributed by atoms with Crippen molar-refractivity contribution in [2.75, 3.05) is 32.1 Å². The maximum Gasteiger partial charge on any atom is 0.223 e. The van der Waals surface area contributed by atoms with Crippen molar-refractivity contribution in [2.24, 2.45) is 5.73 Å². The first kappa shape index (κ1) is 20.8. The molecule has 7 nitrogen and oxygen atoms in total. The zero-order valence-corrected chi connectivity index (χ0v) is 16.2. The van der Waals surface area contributed by atoms with Gasteiger partial charge in [-0.2, -0.15) is 0 Å². The fourth-order valence-corrected chi connectivity index (χ4v) is 4.22. The molecule has 1 aromatic rings. The number of benzene rings is 1. The van der Waals surface area contributed by atoms with Crippen LogP contribution in [-0.2, 0) is 14.6 Å². The molecule has 146 valence electrons. The van der Waals surface area contributed by atoms with Gasteiger partial charge in [-0.25, -0.2) is 8.42 Å². The molecule has 2 aliphatic heterocycles. The van der Waals surface area contributed by atoms with Gasteiger partial charge < -0.3 is 20.1 Å². The lowest BCUT2D eigenvalue weighted by atomic mass is 10.1. The summed E-state index contributed by atoms with van der Waals surface area (Å²) in [5.74, 6) is 0.644. The van der Waals surface area contributed by atoms with Crippen LogP contribution in [0.15, 0.2) is 23.1 Å². The van der Waals surface area contributed by atoms with Crippen molar-refractivity contribution >= 4 is 28.2 Å². The molecule has 0 unspecified atom stereocenters. The number of nitrogens with zero attached hydrogens (tertiary/aromatic N) is 1. The number of piperidine rings is 1. The van der Waals surface area contributed by atoms with Crippen LogP contribution in [0, 0.1) is 0 Å². The van der Waals surface area contributed by atoms with Crippen molar-refractivity contribution in [3.8, 4) is 11.5 Å². The summed E-state index contributed by atoms with van der Waals surface area (Å²) < 4.78 is 36.2. The number of rotatable bonds is 4. The van der Waals surface area contributed by atoms with E-state index in [1.54, 1.807) is 11.0 Å². The number of hydrogen-bond donors (Lipinski definition) is 1. The Hall–Kier alpha value is -1.51. The molecule has 2 heterocycles. The number of likely N-dealkylation sites (tertiary alicyclic amines) is 1. The number of amides is 1. The Bertz CT molecular complexity index is 733. The van der Waals surface area contributed by atoms with Crippen molar-refractivity contribution in [2.45, 2.75) is 36.6 Å². The van der Waals surface area contributed by atoms with E-state index in [2.05, 4.69) is 0 Å². The minimum absolute atomic E-state index is 0. The minimum Gasteiger partial charge on any atom is -0.490 e. The largest absolute Gasteiger partial charge is 0.490 e. The predicted molar refractivity (Wildman–Crippen MR) is 99.8 cm³/mol. The van der Waals surface area contributed by atoms with Gasteiger partial charge in [-0.05, 0) is 25.0 Å². The van der Waals surface area contributed by atoms with E-state index in [1.165, 1.54) is 12.1 Å². The maximum atomic E-state index is 12.6. The van der Waals surface area contributed by atoms with Crippen LogP contribution in [-0.4, -0.2) is 57.3 Å². The molecule has 0 saturated carbocycles. The number of carbonyl (C=O) groups is 1. The van der Waals surface area contributed by atoms with E-state index in [9.17, 15) is 13.2 Å². The molecule has 2 N–H and O–H groups in total. The van der Waals surface area contributed by atoms with Gasteiger partial charge in [0.2, 0.25) is 5.91 Å². The summed E-state index contributed by atoms with van der Waals surface area (Å²) in [5, 5.41) is 0. The average Bonchev–Trinajstić information content (AvgIpc) is 2.85. The van der Waals surface area contributed by atoms with Gasteiger partial charge in [0.05, 0.1) is 23.9 Å². The molecule has 0 aromatic heterocycles. The lowest BCUT2D eigenvalue weighted by Crippen LogP contribution is -2.43. The van der Waals surface area contributed by atoms with E-state index in [1.807, 2.05) is 0 Å². The summed E-state index contributed by atoms with van der Waals surface area (Å²) in [4.78, 5) is 14.1. The molecule has 1 saturated heterocycles. The first-order valence-corrected chi connectivity index (χ1v) is 10.3. The van der Waals surface area contributed by atoms with Crippen LogP contribution in [0.4, 0.5) is 0 Å².